The molecule has 0 radical (unpaired) electrons. The Morgan fingerprint density at radius 3 is 2.87 bits per heavy atom. The zero-order chi connectivity index (χ0) is 10.0. The highest BCUT2D eigenvalue weighted by Gasteiger charge is 2.63. The topological polar surface area (TPSA) is 32.6 Å². The summed E-state index contributed by atoms with van der Waals surface area (Å²) in [6.45, 7) is 0. The predicted octanol–water partition coefficient (Wildman–Crippen LogP) is 2.83. The van der Waals surface area contributed by atoms with Crippen molar-refractivity contribution in [1.82, 2.24) is 0 Å². The molecule has 0 saturated heterocycles. The first-order chi connectivity index (χ1) is 7.34. The van der Waals surface area contributed by atoms with Crippen molar-refractivity contribution < 1.29 is 5.21 Å². The van der Waals surface area contributed by atoms with Gasteiger partial charge in [0.05, 0.1) is 5.71 Å². The number of allylic oxidation sites excluding steroid dienone is 2. The molecule has 4 aliphatic rings. The van der Waals surface area contributed by atoms with Crippen LogP contribution in [0.5, 0.6) is 0 Å². The molecule has 3 fully saturated rings. The molecule has 0 aromatic heterocycles. The molecule has 0 heterocycles. The Labute approximate surface area is 90.0 Å². The minimum absolute atomic E-state index is 0.303. The molecule has 1 N–H and O–H groups in total. The second kappa shape index (κ2) is 2.47. The highest BCUT2D eigenvalue weighted by atomic mass is 16.4. The van der Waals surface area contributed by atoms with Gasteiger partial charge in [-0.2, -0.15) is 0 Å². The standard InChI is InChI=1S/C13H17NO/c15-14-12-9-2-4-11(6-9)13(12)7-8-1-3-10(13)5-8/h1,3,8-11,15H,2,4-7H2/b14-12-/t8?,9?,10?,11-,13?/m0/s1. The number of nitrogens with zero attached hydrogens (tertiary/aromatic N) is 1. The van der Waals surface area contributed by atoms with Crippen molar-refractivity contribution in [1.29, 1.82) is 0 Å². The molecule has 5 atom stereocenters. The van der Waals surface area contributed by atoms with Crippen LogP contribution >= 0.6 is 0 Å². The lowest BCUT2D eigenvalue weighted by atomic mass is 9.64. The Balaban J connectivity index is 1.85. The number of fused-ring (bicyclic) bond motifs is 6. The fourth-order valence-corrected chi connectivity index (χ4v) is 5.12. The van der Waals surface area contributed by atoms with Gasteiger partial charge in [0.25, 0.3) is 0 Å². The van der Waals surface area contributed by atoms with Crippen LogP contribution in [0.25, 0.3) is 0 Å². The molecule has 2 nitrogen and oxygen atoms in total. The summed E-state index contributed by atoms with van der Waals surface area (Å²) in [5.74, 6) is 2.93. The van der Waals surface area contributed by atoms with E-state index in [2.05, 4.69) is 17.3 Å². The molecule has 2 heteroatoms. The summed E-state index contributed by atoms with van der Waals surface area (Å²) in [6.07, 6.45) is 11.3. The second-order valence-electron chi connectivity index (χ2n) is 5.92. The van der Waals surface area contributed by atoms with E-state index in [0.717, 1.165) is 11.8 Å². The molecular formula is C13H17NO. The van der Waals surface area contributed by atoms with Gasteiger partial charge in [0.1, 0.15) is 0 Å². The monoisotopic (exact) mass is 203 g/mol. The van der Waals surface area contributed by atoms with Crippen LogP contribution in [0.4, 0.5) is 0 Å². The summed E-state index contributed by atoms with van der Waals surface area (Å²) in [5, 5.41) is 13.0. The molecule has 80 valence electrons. The third-order valence-electron chi connectivity index (χ3n) is 5.57. The van der Waals surface area contributed by atoms with E-state index < -0.39 is 0 Å². The Morgan fingerprint density at radius 2 is 2.20 bits per heavy atom. The van der Waals surface area contributed by atoms with E-state index in [9.17, 15) is 5.21 Å². The Bertz CT molecular complexity index is 373. The third-order valence-corrected chi connectivity index (χ3v) is 5.57. The number of hydrogen-bond acceptors (Lipinski definition) is 2. The highest BCUT2D eigenvalue weighted by molar-refractivity contribution is 5.96. The summed E-state index contributed by atoms with van der Waals surface area (Å²) in [7, 11) is 0. The van der Waals surface area contributed by atoms with E-state index in [-0.39, 0.29) is 0 Å². The fraction of sp³-hybridized carbons (Fsp3) is 0.769. The van der Waals surface area contributed by atoms with Crippen LogP contribution < -0.4 is 0 Å². The number of hydrogen-bond donors (Lipinski definition) is 1. The summed E-state index contributed by atoms with van der Waals surface area (Å²) in [6, 6.07) is 0. The molecule has 1 spiro atoms. The van der Waals surface area contributed by atoms with Crippen LogP contribution in [-0.4, -0.2) is 10.9 Å². The zero-order valence-electron chi connectivity index (χ0n) is 8.89. The van der Waals surface area contributed by atoms with Gasteiger partial charge in [-0.25, -0.2) is 0 Å². The second-order valence-corrected chi connectivity index (χ2v) is 5.92. The van der Waals surface area contributed by atoms with Crippen LogP contribution in [0.2, 0.25) is 0 Å². The van der Waals surface area contributed by atoms with Gasteiger partial charge in [-0.1, -0.05) is 17.3 Å². The van der Waals surface area contributed by atoms with Crippen molar-refractivity contribution >= 4 is 5.71 Å². The molecule has 4 aliphatic carbocycles. The van der Waals surface area contributed by atoms with Crippen molar-refractivity contribution in [3.8, 4) is 0 Å². The lowest BCUT2D eigenvalue weighted by Gasteiger charge is -2.39. The largest absolute Gasteiger partial charge is 0.411 e. The Hall–Kier alpha value is -0.790. The van der Waals surface area contributed by atoms with Crippen molar-refractivity contribution in [2.24, 2.45) is 34.2 Å². The maximum absolute atomic E-state index is 9.31. The lowest BCUT2D eigenvalue weighted by molar-refractivity contribution is 0.213. The maximum Gasteiger partial charge on any atom is 0.0672 e. The lowest BCUT2D eigenvalue weighted by Crippen LogP contribution is -2.40. The first-order valence-electron chi connectivity index (χ1n) is 6.25. The number of rotatable bonds is 0. The molecule has 0 amide bonds. The molecule has 3 saturated carbocycles. The van der Waals surface area contributed by atoms with Gasteiger partial charge in [0.2, 0.25) is 0 Å². The van der Waals surface area contributed by atoms with Crippen molar-refractivity contribution in [3.05, 3.63) is 12.2 Å². The van der Waals surface area contributed by atoms with Gasteiger partial charge in [0, 0.05) is 11.3 Å². The van der Waals surface area contributed by atoms with Gasteiger partial charge in [-0.3, -0.25) is 0 Å². The molecule has 4 unspecified atom stereocenters. The first kappa shape index (κ1) is 8.37. The van der Waals surface area contributed by atoms with Crippen LogP contribution in [0, 0.1) is 29.1 Å². The average Bonchev–Trinajstić information content (AvgIpc) is 2.95. The van der Waals surface area contributed by atoms with E-state index in [1.54, 1.807) is 0 Å². The van der Waals surface area contributed by atoms with E-state index in [0.29, 0.717) is 17.3 Å². The van der Waals surface area contributed by atoms with Gasteiger partial charge >= 0.3 is 0 Å². The molecule has 15 heavy (non-hydrogen) atoms. The highest BCUT2D eigenvalue weighted by Crippen LogP contribution is 2.66. The average molecular weight is 203 g/mol. The van der Waals surface area contributed by atoms with Crippen LogP contribution in [0.3, 0.4) is 0 Å². The van der Waals surface area contributed by atoms with E-state index in [1.165, 1.54) is 37.8 Å². The SMILES string of the molecule is O/N=C1/C2CC[C@@H](C2)C12CC1C=CC2C1. The fourth-order valence-electron chi connectivity index (χ4n) is 5.12. The molecule has 0 aromatic rings. The van der Waals surface area contributed by atoms with Crippen molar-refractivity contribution in [2.75, 3.05) is 0 Å². The maximum atomic E-state index is 9.31. The third kappa shape index (κ3) is 0.777. The summed E-state index contributed by atoms with van der Waals surface area (Å²) in [4.78, 5) is 0. The van der Waals surface area contributed by atoms with Gasteiger partial charge < -0.3 is 5.21 Å². The molecule has 4 rings (SSSR count). The first-order valence-corrected chi connectivity index (χ1v) is 6.25. The van der Waals surface area contributed by atoms with Crippen LogP contribution in [0.15, 0.2) is 17.3 Å². The van der Waals surface area contributed by atoms with Crippen LogP contribution in [0.1, 0.15) is 32.1 Å². The smallest absolute Gasteiger partial charge is 0.0672 e. The van der Waals surface area contributed by atoms with Gasteiger partial charge in [0.15, 0.2) is 0 Å². The molecule has 4 bridgehead atoms. The minimum atomic E-state index is 0.303. The quantitative estimate of drug-likeness (QED) is 0.366. The minimum Gasteiger partial charge on any atom is -0.411 e. The summed E-state index contributed by atoms with van der Waals surface area (Å²) >= 11 is 0. The van der Waals surface area contributed by atoms with Crippen molar-refractivity contribution in [3.63, 3.8) is 0 Å². The molecule has 0 aliphatic heterocycles. The van der Waals surface area contributed by atoms with Crippen LogP contribution in [-0.2, 0) is 0 Å². The van der Waals surface area contributed by atoms with Crippen molar-refractivity contribution in [2.45, 2.75) is 32.1 Å². The van der Waals surface area contributed by atoms with Gasteiger partial charge in [-0.05, 0) is 49.9 Å². The number of oxime groups is 1. The zero-order valence-corrected chi connectivity index (χ0v) is 8.89. The van der Waals surface area contributed by atoms with E-state index in [4.69, 9.17) is 0 Å². The normalized spacial score (nSPS) is 57.7. The molecular weight excluding hydrogens is 186 g/mol. The molecule has 0 aromatic carbocycles. The summed E-state index contributed by atoms with van der Waals surface area (Å²) in [5.41, 5.74) is 1.48. The van der Waals surface area contributed by atoms with E-state index in [1.807, 2.05) is 0 Å². The summed E-state index contributed by atoms with van der Waals surface area (Å²) < 4.78 is 0. The predicted molar refractivity (Wildman–Crippen MR) is 57.8 cm³/mol. The van der Waals surface area contributed by atoms with Gasteiger partial charge in [-0.15, -0.1) is 0 Å². The Kier molecular flexibility index (Phi) is 1.38. The van der Waals surface area contributed by atoms with E-state index >= 15 is 0 Å². The Morgan fingerprint density at radius 1 is 1.27 bits per heavy atom.